The zero-order valence-corrected chi connectivity index (χ0v) is 10.0. The van der Waals surface area contributed by atoms with Gasteiger partial charge in [-0.15, -0.1) is 0 Å². The summed E-state index contributed by atoms with van der Waals surface area (Å²) in [6.45, 7) is 4.22. The standard InChI is InChI=1S/C13H14OSi/c1-10-6-5-9-13(11(10)2)14-15-12-7-3-4-8-12/h3-9,12H,1-2H3. The zero-order valence-electron chi connectivity index (χ0n) is 9.03. The number of rotatable bonds is 3. The highest BCUT2D eigenvalue weighted by Gasteiger charge is 2.09. The molecule has 0 atom stereocenters. The molecule has 0 fully saturated rings. The molecular weight excluding hydrogens is 200 g/mol. The molecule has 2 rings (SSSR count). The van der Waals surface area contributed by atoms with E-state index in [0.717, 1.165) is 5.75 Å². The van der Waals surface area contributed by atoms with E-state index in [4.69, 9.17) is 4.43 Å². The van der Waals surface area contributed by atoms with Gasteiger partial charge >= 0.3 is 9.76 Å². The summed E-state index contributed by atoms with van der Waals surface area (Å²) in [6.07, 6.45) is 8.49. The lowest BCUT2D eigenvalue weighted by Gasteiger charge is -2.11. The molecule has 0 aromatic heterocycles. The third-order valence-corrected chi connectivity index (χ3v) is 3.60. The second-order valence-corrected chi connectivity index (χ2v) is 4.82. The van der Waals surface area contributed by atoms with Crippen LogP contribution in [0, 0.1) is 13.8 Å². The molecule has 0 spiro atoms. The molecule has 2 heteroatoms. The van der Waals surface area contributed by atoms with Crippen LogP contribution in [0.5, 0.6) is 5.75 Å². The van der Waals surface area contributed by atoms with Gasteiger partial charge in [0, 0.05) is 5.54 Å². The van der Waals surface area contributed by atoms with Crippen LogP contribution in [0.4, 0.5) is 0 Å². The van der Waals surface area contributed by atoms with E-state index in [-0.39, 0.29) is 0 Å². The fraction of sp³-hybridized carbons (Fsp3) is 0.231. The van der Waals surface area contributed by atoms with Crippen LogP contribution in [0.2, 0.25) is 5.54 Å². The topological polar surface area (TPSA) is 9.23 Å². The molecule has 0 aliphatic heterocycles. The lowest BCUT2D eigenvalue weighted by atomic mass is 10.1. The fourth-order valence-corrected chi connectivity index (χ4v) is 2.34. The Morgan fingerprint density at radius 1 is 1.13 bits per heavy atom. The molecule has 1 aromatic rings. The first-order valence-corrected chi connectivity index (χ1v) is 6.09. The van der Waals surface area contributed by atoms with Crippen molar-refractivity contribution in [2.45, 2.75) is 19.4 Å². The maximum atomic E-state index is 5.83. The minimum absolute atomic E-state index is 0.463. The van der Waals surface area contributed by atoms with E-state index in [1.54, 1.807) is 0 Å². The van der Waals surface area contributed by atoms with Gasteiger partial charge in [0.15, 0.2) is 0 Å². The Balaban J connectivity index is 2.01. The van der Waals surface area contributed by atoms with Gasteiger partial charge in [0.1, 0.15) is 5.75 Å². The quantitative estimate of drug-likeness (QED) is 0.702. The number of benzene rings is 1. The molecule has 0 bridgehead atoms. The summed E-state index contributed by atoms with van der Waals surface area (Å²) in [7, 11) is 0.482. The van der Waals surface area contributed by atoms with Gasteiger partial charge in [-0.3, -0.25) is 0 Å². The van der Waals surface area contributed by atoms with Gasteiger partial charge in [0.05, 0.1) is 0 Å². The van der Waals surface area contributed by atoms with Crippen LogP contribution in [-0.2, 0) is 0 Å². The van der Waals surface area contributed by atoms with Crippen LogP contribution in [0.1, 0.15) is 11.1 Å². The highest BCUT2D eigenvalue weighted by molar-refractivity contribution is 6.32. The molecule has 15 heavy (non-hydrogen) atoms. The Morgan fingerprint density at radius 2 is 1.87 bits per heavy atom. The molecule has 1 nitrogen and oxygen atoms in total. The molecule has 1 aliphatic carbocycles. The van der Waals surface area contributed by atoms with Gasteiger partial charge in [-0.2, -0.15) is 0 Å². The minimum atomic E-state index is 0.463. The van der Waals surface area contributed by atoms with Crippen LogP contribution in [0.15, 0.2) is 42.5 Å². The van der Waals surface area contributed by atoms with Gasteiger partial charge in [0.25, 0.3) is 0 Å². The number of hydrogen-bond acceptors (Lipinski definition) is 1. The van der Waals surface area contributed by atoms with Crippen LogP contribution in [0.3, 0.4) is 0 Å². The summed E-state index contributed by atoms with van der Waals surface area (Å²) in [5, 5.41) is 0. The summed E-state index contributed by atoms with van der Waals surface area (Å²) in [6, 6.07) is 6.20. The van der Waals surface area contributed by atoms with Crippen LogP contribution in [0.25, 0.3) is 0 Å². The van der Waals surface area contributed by atoms with Crippen molar-refractivity contribution in [2.75, 3.05) is 0 Å². The van der Waals surface area contributed by atoms with Crippen LogP contribution in [-0.4, -0.2) is 9.76 Å². The largest absolute Gasteiger partial charge is 0.540 e. The molecule has 0 N–H and O–H groups in total. The predicted octanol–water partition coefficient (Wildman–Crippen LogP) is 3.22. The van der Waals surface area contributed by atoms with E-state index in [2.05, 4.69) is 44.2 Å². The Morgan fingerprint density at radius 3 is 2.60 bits per heavy atom. The van der Waals surface area contributed by atoms with Crippen molar-refractivity contribution in [3.63, 3.8) is 0 Å². The monoisotopic (exact) mass is 214 g/mol. The smallest absolute Gasteiger partial charge is 0.322 e. The van der Waals surface area contributed by atoms with E-state index in [1.807, 2.05) is 12.1 Å². The first-order valence-electron chi connectivity index (χ1n) is 5.11. The Hall–Kier alpha value is -1.28. The van der Waals surface area contributed by atoms with Crippen molar-refractivity contribution < 1.29 is 4.43 Å². The second kappa shape index (κ2) is 4.49. The van der Waals surface area contributed by atoms with Crippen molar-refractivity contribution in [3.8, 4) is 5.75 Å². The average molecular weight is 214 g/mol. The van der Waals surface area contributed by atoms with Crippen molar-refractivity contribution in [1.29, 1.82) is 0 Å². The van der Waals surface area contributed by atoms with Gasteiger partial charge in [0.2, 0.25) is 0 Å². The molecule has 1 aromatic carbocycles. The average Bonchev–Trinajstić information content (AvgIpc) is 2.73. The molecule has 2 radical (unpaired) electrons. The van der Waals surface area contributed by atoms with Gasteiger partial charge < -0.3 is 4.43 Å². The molecular formula is C13H14OSi. The van der Waals surface area contributed by atoms with Crippen molar-refractivity contribution >= 4 is 9.76 Å². The predicted molar refractivity (Wildman–Crippen MR) is 64.3 cm³/mol. The summed E-state index contributed by atoms with van der Waals surface area (Å²) < 4.78 is 5.83. The van der Waals surface area contributed by atoms with E-state index < -0.39 is 0 Å². The summed E-state index contributed by atoms with van der Waals surface area (Å²) in [5.41, 5.74) is 3.00. The van der Waals surface area contributed by atoms with Crippen LogP contribution < -0.4 is 4.43 Å². The van der Waals surface area contributed by atoms with Crippen LogP contribution >= 0.6 is 0 Å². The van der Waals surface area contributed by atoms with E-state index >= 15 is 0 Å². The maximum absolute atomic E-state index is 5.83. The van der Waals surface area contributed by atoms with Crippen molar-refractivity contribution in [2.24, 2.45) is 0 Å². The van der Waals surface area contributed by atoms with Crippen molar-refractivity contribution in [3.05, 3.63) is 53.6 Å². The molecule has 0 amide bonds. The number of hydrogen-bond donors (Lipinski definition) is 0. The third-order valence-electron chi connectivity index (χ3n) is 2.61. The lowest BCUT2D eigenvalue weighted by Crippen LogP contribution is -2.07. The SMILES string of the molecule is Cc1cccc(O[Si]C2C=CC=C2)c1C. The Bertz CT molecular complexity index is 395. The third kappa shape index (κ3) is 2.39. The normalized spacial score (nSPS) is 14.8. The number of aryl methyl sites for hydroxylation is 1. The first-order chi connectivity index (χ1) is 7.27. The molecule has 0 unspecified atom stereocenters. The highest BCUT2D eigenvalue weighted by atomic mass is 28.2. The molecule has 0 saturated carbocycles. The van der Waals surface area contributed by atoms with Crippen molar-refractivity contribution in [1.82, 2.24) is 0 Å². The summed E-state index contributed by atoms with van der Waals surface area (Å²) in [5.74, 6) is 1.02. The second-order valence-electron chi connectivity index (χ2n) is 3.71. The summed E-state index contributed by atoms with van der Waals surface area (Å²) in [4.78, 5) is 0. The summed E-state index contributed by atoms with van der Waals surface area (Å²) >= 11 is 0. The zero-order chi connectivity index (χ0) is 10.7. The van der Waals surface area contributed by atoms with Gasteiger partial charge in [-0.05, 0) is 31.0 Å². The molecule has 0 heterocycles. The minimum Gasteiger partial charge on any atom is -0.540 e. The molecule has 0 saturated heterocycles. The maximum Gasteiger partial charge on any atom is 0.322 e. The first kappa shape index (κ1) is 10.2. The fourth-order valence-electron chi connectivity index (χ4n) is 1.48. The Labute approximate surface area is 93.4 Å². The van der Waals surface area contributed by atoms with Gasteiger partial charge in [-0.1, -0.05) is 36.4 Å². The van der Waals surface area contributed by atoms with E-state index in [9.17, 15) is 0 Å². The Kier molecular flexibility index (Phi) is 3.07. The van der Waals surface area contributed by atoms with Gasteiger partial charge in [-0.25, -0.2) is 0 Å². The highest BCUT2D eigenvalue weighted by Crippen LogP contribution is 2.22. The molecule has 76 valence electrons. The van der Waals surface area contributed by atoms with E-state index in [0.29, 0.717) is 15.3 Å². The molecule has 1 aliphatic rings. The van der Waals surface area contributed by atoms with E-state index in [1.165, 1.54) is 11.1 Å². The lowest BCUT2D eigenvalue weighted by molar-refractivity contribution is 0.584. The number of allylic oxidation sites excluding steroid dienone is 4.